The molecule has 1 aliphatic carbocycles. The van der Waals surface area contributed by atoms with Crippen LogP contribution in [-0.4, -0.2) is 6.21 Å². The molecule has 2 heteroatoms. The summed E-state index contributed by atoms with van der Waals surface area (Å²) in [6.45, 7) is 0. The van der Waals surface area contributed by atoms with E-state index in [0.29, 0.717) is 0 Å². The molecule has 104 valence electrons. The SMILES string of the molecule is C(=Nc1ccccc1)C1=CC(=CNc2ccccc2)CC1. The van der Waals surface area contributed by atoms with Gasteiger partial charge in [0.2, 0.25) is 0 Å². The minimum absolute atomic E-state index is 0.998. The van der Waals surface area contributed by atoms with Crippen LogP contribution in [0.25, 0.3) is 0 Å². The zero-order chi connectivity index (χ0) is 14.3. The van der Waals surface area contributed by atoms with Crippen LogP contribution in [0, 0.1) is 0 Å². The zero-order valence-corrected chi connectivity index (χ0v) is 11.9. The molecular weight excluding hydrogens is 256 g/mol. The van der Waals surface area contributed by atoms with Crippen LogP contribution in [0.3, 0.4) is 0 Å². The molecule has 0 saturated heterocycles. The fourth-order valence-electron chi connectivity index (χ4n) is 2.27. The molecule has 2 nitrogen and oxygen atoms in total. The van der Waals surface area contributed by atoms with Gasteiger partial charge in [-0.15, -0.1) is 0 Å². The average molecular weight is 274 g/mol. The second kappa shape index (κ2) is 6.71. The number of rotatable bonds is 4. The van der Waals surface area contributed by atoms with Gasteiger partial charge in [-0.1, -0.05) is 42.5 Å². The normalized spacial score (nSPS) is 16.4. The van der Waals surface area contributed by atoms with Crippen molar-refractivity contribution < 1.29 is 0 Å². The third-order valence-electron chi connectivity index (χ3n) is 3.41. The number of aliphatic imine (C=N–C) groups is 1. The van der Waals surface area contributed by atoms with Crippen molar-refractivity contribution in [3.8, 4) is 0 Å². The van der Waals surface area contributed by atoms with Gasteiger partial charge in [0, 0.05) is 18.1 Å². The lowest BCUT2D eigenvalue weighted by atomic mass is 10.2. The Hall–Kier alpha value is -2.61. The van der Waals surface area contributed by atoms with Crippen molar-refractivity contribution in [2.24, 2.45) is 4.99 Å². The number of hydrogen-bond acceptors (Lipinski definition) is 2. The Bertz CT molecular complexity index is 667. The largest absolute Gasteiger partial charge is 0.361 e. The lowest BCUT2D eigenvalue weighted by Crippen LogP contribution is -1.88. The van der Waals surface area contributed by atoms with Crippen molar-refractivity contribution in [1.29, 1.82) is 0 Å². The molecule has 0 atom stereocenters. The van der Waals surface area contributed by atoms with Gasteiger partial charge in [0.25, 0.3) is 0 Å². The minimum Gasteiger partial charge on any atom is -0.361 e. The summed E-state index contributed by atoms with van der Waals surface area (Å²) in [6.07, 6.45) is 8.38. The molecule has 0 aromatic heterocycles. The van der Waals surface area contributed by atoms with Gasteiger partial charge in [-0.3, -0.25) is 4.99 Å². The summed E-state index contributed by atoms with van der Waals surface area (Å²) in [7, 11) is 0. The fourth-order valence-corrected chi connectivity index (χ4v) is 2.27. The van der Waals surface area contributed by atoms with Crippen molar-refractivity contribution in [1.82, 2.24) is 0 Å². The average Bonchev–Trinajstić information content (AvgIpc) is 3.01. The first-order chi connectivity index (χ1) is 10.4. The van der Waals surface area contributed by atoms with Gasteiger partial charge in [0.1, 0.15) is 0 Å². The van der Waals surface area contributed by atoms with Crippen molar-refractivity contribution in [2.75, 3.05) is 5.32 Å². The fraction of sp³-hybridized carbons (Fsp3) is 0.105. The summed E-state index contributed by atoms with van der Waals surface area (Å²) < 4.78 is 0. The molecule has 1 N–H and O–H groups in total. The smallest absolute Gasteiger partial charge is 0.0629 e. The van der Waals surface area contributed by atoms with E-state index in [2.05, 4.69) is 34.7 Å². The second-order valence-electron chi connectivity index (χ2n) is 5.04. The highest BCUT2D eigenvalue weighted by atomic mass is 14.8. The number of anilines is 1. The van der Waals surface area contributed by atoms with Crippen LogP contribution in [0.15, 0.2) is 89.1 Å². The van der Waals surface area contributed by atoms with E-state index in [1.54, 1.807) is 0 Å². The topological polar surface area (TPSA) is 24.4 Å². The van der Waals surface area contributed by atoms with E-state index in [4.69, 9.17) is 0 Å². The highest BCUT2D eigenvalue weighted by molar-refractivity contribution is 5.83. The Morgan fingerprint density at radius 3 is 2.33 bits per heavy atom. The maximum absolute atomic E-state index is 4.50. The van der Waals surface area contributed by atoms with Crippen LogP contribution in [0.5, 0.6) is 0 Å². The molecule has 2 aromatic rings. The molecule has 0 heterocycles. The van der Waals surface area contributed by atoms with E-state index in [0.717, 1.165) is 24.2 Å². The number of benzene rings is 2. The molecule has 0 saturated carbocycles. The van der Waals surface area contributed by atoms with E-state index in [-0.39, 0.29) is 0 Å². The lowest BCUT2D eigenvalue weighted by Gasteiger charge is -2.00. The molecular formula is C19H18N2. The molecule has 0 amide bonds. The molecule has 0 radical (unpaired) electrons. The molecule has 0 bridgehead atoms. The quantitative estimate of drug-likeness (QED) is 0.770. The van der Waals surface area contributed by atoms with Crippen LogP contribution >= 0.6 is 0 Å². The third kappa shape index (κ3) is 3.93. The minimum atomic E-state index is 0.998. The van der Waals surface area contributed by atoms with Crippen LogP contribution in [0.1, 0.15) is 12.8 Å². The predicted molar refractivity (Wildman–Crippen MR) is 90.1 cm³/mol. The predicted octanol–water partition coefficient (Wildman–Crippen LogP) is 5.11. The van der Waals surface area contributed by atoms with Crippen molar-refractivity contribution >= 4 is 17.6 Å². The summed E-state index contributed by atoms with van der Waals surface area (Å²) in [4.78, 5) is 4.50. The van der Waals surface area contributed by atoms with Gasteiger partial charge in [0.05, 0.1) is 5.69 Å². The van der Waals surface area contributed by atoms with Crippen molar-refractivity contribution in [3.63, 3.8) is 0 Å². The van der Waals surface area contributed by atoms with Gasteiger partial charge in [-0.25, -0.2) is 0 Å². The Labute approximate surface area is 125 Å². The maximum Gasteiger partial charge on any atom is 0.0629 e. The Morgan fingerprint density at radius 1 is 0.857 bits per heavy atom. The molecule has 21 heavy (non-hydrogen) atoms. The van der Waals surface area contributed by atoms with Gasteiger partial charge in [0.15, 0.2) is 0 Å². The number of para-hydroxylation sites is 2. The molecule has 3 rings (SSSR count). The number of nitrogens with zero attached hydrogens (tertiary/aromatic N) is 1. The van der Waals surface area contributed by atoms with Gasteiger partial charge < -0.3 is 5.32 Å². The van der Waals surface area contributed by atoms with E-state index >= 15 is 0 Å². The Kier molecular flexibility index (Phi) is 4.27. The van der Waals surface area contributed by atoms with Gasteiger partial charge in [-0.05, 0) is 48.3 Å². The Balaban J connectivity index is 1.63. The summed E-state index contributed by atoms with van der Waals surface area (Å²) in [5, 5.41) is 3.33. The highest BCUT2D eigenvalue weighted by Crippen LogP contribution is 2.23. The third-order valence-corrected chi connectivity index (χ3v) is 3.41. The van der Waals surface area contributed by atoms with Crippen molar-refractivity contribution in [2.45, 2.75) is 12.8 Å². The zero-order valence-electron chi connectivity index (χ0n) is 11.9. The van der Waals surface area contributed by atoms with Crippen LogP contribution in [-0.2, 0) is 0 Å². The van der Waals surface area contributed by atoms with Crippen molar-refractivity contribution in [3.05, 3.63) is 84.1 Å². The molecule has 0 fully saturated rings. The first-order valence-electron chi connectivity index (χ1n) is 7.20. The Morgan fingerprint density at radius 2 is 1.57 bits per heavy atom. The summed E-state index contributed by atoms with van der Waals surface area (Å²) in [6, 6.07) is 20.2. The molecule has 0 spiro atoms. The standard InChI is InChI=1S/C19H18N2/c1-3-7-18(8-4-1)20-14-16-11-12-17(13-16)15-21-19-9-5-2-6-10-19/h1-10,13-15,20H,11-12H2. The molecule has 0 aliphatic heterocycles. The molecule has 1 aliphatic rings. The summed E-state index contributed by atoms with van der Waals surface area (Å²) >= 11 is 0. The van der Waals surface area contributed by atoms with E-state index < -0.39 is 0 Å². The van der Waals surface area contributed by atoms with Crippen LogP contribution < -0.4 is 5.32 Å². The summed E-state index contributed by atoms with van der Waals surface area (Å²) in [5.41, 5.74) is 4.70. The number of nitrogens with one attached hydrogen (secondary N) is 1. The van der Waals surface area contributed by atoms with Crippen LogP contribution in [0.4, 0.5) is 11.4 Å². The maximum atomic E-state index is 4.50. The van der Waals surface area contributed by atoms with E-state index in [9.17, 15) is 0 Å². The summed E-state index contributed by atoms with van der Waals surface area (Å²) in [5.74, 6) is 0. The first-order valence-corrected chi connectivity index (χ1v) is 7.20. The van der Waals surface area contributed by atoms with E-state index in [1.165, 1.54) is 11.1 Å². The lowest BCUT2D eigenvalue weighted by molar-refractivity contribution is 1.04. The van der Waals surface area contributed by atoms with Gasteiger partial charge in [-0.2, -0.15) is 0 Å². The van der Waals surface area contributed by atoms with Crippen LogP contribution in [0.2, 0.25) is 0 Å². The highest BCUT2D eigenvalue weighted by Gasteiger charge is 2.07. The van der Waals surface area contributed by atoms with E-state index in [1.807, 2.05) is 54.7 Å². The number of hydrogen-bond donors (Lipinski definition) is 1. The monoisotopic (exact) mass is 274 g/mol. The first kappa shape index (κ1) is 13.4. The molecule has 0 unspecified atom stereocenters. The molecule has 2 aromatic carbocycles. The number of allylic oxidation sites excluding steroid dienone is 3. The van der Waals surface area contributed by atoms with Gasteiger partial charge >= 0.3 is 0 Å². The second-order valence-corrected chi connectivity index (χ2v) is 5.04.